The van der Waals surface area contributed by atoms with Gasteiger partial charge >= 0.3 is 0 Å². The van der Waals surface area contributed by atoms with E-state index in [1.54, 1.807) is 0 Å². The smallest absolute Gasteiger partial charge is 0.209 e. The van der Waals surface area contributed by atoms with Gasteiger partial charge in [0, 0.05) is 30.2 Å². The monoisotopic (exact) mass is 295 g/mol. The quantitative estimate of drug-likeness (QED) is 0.858. The molecule has 1 aromatic heterocycles. The van der Waals surface area contributed by atoms with E-state index in [9.17, 15) is 8.42 Å². The summed E-state index contributed by atoms with van der Waals surface area (Å²) < 4.78 is 24.1. The second kappa shape index (κ2) is 5.55. The molecular formula is C14H21N3O2S. The van der Waals surface area contributed by atoms with Gasteiger partial charge in [-0.3, -0.25) is 0 Å². The Morgan fingerprint density at radius 3 is 2.65 bits per heavy atom. The number of fused-ring (bicyclic) bond motifs is 1. The van der Waals surface area contributed by atoms with Crippen LogP contribution >= 0.6 is 0 Å². The topological polar surface area (TPSA) is 91.1 Å². The summed E-state index contributed by atoms with van der Waals surface area (Å²) >= 11 is 0. The predicted octanol–water partition coefficient (Wildman–Crippen LogP) is 0.899. The van der Waals surface area contributed by atoms with Crippen molar-refractivity contribution in [1.29, 1.82) is 0 Å². The standard InChI is InChI=1S/C14H21N3O2S/c1-10(15)7-12-9-17(2)14-4-3-11(8-13(12)14)5-6-20(16,18)19/h3-4,8-10H,5-7,15H2,1-2H3,(H2,16,18,19). The molecule has 6 heteroatoms. The Balaban J connectivity index is 2.36. The SMILES string of the molecule is CC(N)Cc1cn(C)c2ccc(CCS(N)(=O)=O)cc12. The molecule has 1 unspecified atom stereocenters. The summed E-state index contributed by atoms with van der Waals surface area (Å²) in [5.74, 6) is -0.0338. The highest BCUT2D eigenvalue weighted by Crippen LogP contribution is 2.23. The highest BCUT2D eigenvalue weighted by Gasteiger charge is 2.10. The minimum absolute atomic E-state index is 0.0338. The van der Waals surface area contributed by atoms with Crippen molar-refractivity contribution in [2.75, 3.05) is 5.75 Å². The first-order chi connectivity index (χ1) is 9.26. The number of sulfonamides is 1. The van der Waals surface area contributed by atoms with Crippen LogP contribution in [0.15, 0.2) is 24.4 Å². The van der Waals surface area contributed by atoms with Gasteiger partial charge in [-0.15, -0.1) is 0 Å². The number of nitrogens with two attached hydrogens (primary N) is 2. The molecule has 0 saturated heterocycles. The minimum atomic E-state index is -3.42. The summed E-state index contributed by atoms with van der Waals surface area (Å²) in [5.41, 5.74) is 9.16. The summed E-state index contributed by atoms with van der Waals surface area (Å²) in [6.07, 6.45) is 3.31. The van der Waals surface area contributed by atoms with Gasteiger partial charge in [0.1, 0.15) is 0 Å². The lowest BCUT2D eigenvalue weighted by Crippen LogP contribution is -2.18. The van der Waals surface area contributed by atoms with Crippen LogP contribution < -0.4 is 10.9 Å². The highest BCUT2D eigenvalue weighted by molar-refractivity contribution is 7.89. The number of hydrogen-bond acceptors (Lipinski definition) is 3. The van der Waals surface area contributed by atoms with Gasteiger partial charge < -0.3 is 10.3 Å². The van der Waals surface area contributed by atoms with Gasteiger partial charge in [0.25, 0.3) is 0 Å². The molecule has 0 spiro atoms. The minimum Gasteiger partial charge on any atom is -0.350 e. The van der Waals surface area contributed by atoms with Gasteiger partial charge in [0.15, 0.2) is 0 Å². The molecule has 5 nitrogen and oxygen atoms in total. The third-order valence-corrected chi connectivity index (χ3v) is 4.13. The van der Waals surface area contributed by atoms with Crippen molar-refractivity contribution >= 4 is 20.9 Å². The van der Waals surface area contributed by atoms with Gasteiger partial charge in [0.2, 0.25) is 10.0 Å². The maximum absolute atomic E-state index is 11.0. The third-order valence-electron chi connectivity index (χ3n) is 3.35. The Labute approximate surface area is 119 Å². The lowest BCUT2D eigenvalue weighted by Gasteiger charge is -2.05. The number of nitrogens with zero attached hydrogens (tertiary/aromatic N) is 1. The van der Waals surface area contributed by atoms with E-state index in [-0.39, 0.29) is 11.8 Å². The lowest BCUT2D eigenvalue weighted by molar-refractivity contribution is 0.597. The number of primary sulfonamides is 1. The summed E-state index contributed by atoms with van der Waals surface area (Å²) in [5, 5.41) is 6.18. The van der Waals surface area contributed by atoms with Gasteiger partial charge in [0.05, 0.1) is 5.75 Å². The van der Waals surface area contributed by atoms with E-state index in [4.69, 9.17) is 10.9 Å². The number of hydrogen-bond donors (Lipinski definition) is 2. The molecule has 20 heavy (non-hydrogen) atoms. The van der Waals surface area contributed by atoms with E-state index >= 15 is 0 Å². The first-order valence-electron chi connectivity index (χ1n) is 6.59. The first-order valence-corrected chi connectivity index (χ1v) is 8.30. The number of benzene rings is 1. The van der Waals surface area contributed by atoms with Gasteiger partial charge in [-0.2, -0.15) is 0 Å². The molecule has 2 rings (SSSR count). The molecule has 0 aliphatic heterocycles. The molecule has 0 amide bonds. The fourth-order valence-electron chi connectivity index (χ4n) is 2.45. The zero-order valence-corrected chi connectivity index (χ0v) is 12.7. The third kappa shape index (κ3) is 3.59. The fraction of sp³-hybridized carbons (Fsp3) is 0.429. The molecule has 1 atom stereocenters. The molecule has 0 bridgehead atoms. The van der Waals surface area contributed by atoms with E-state index in [0.29, 0.717) is 6.42 Å². The molecule has 0 aliphatic rings. The van der Waals surface area contributed by atoms with Crippen LogP contribution in [-0.4, -0.2) is 24.8 Å². The number of aromatic nitrogens is 1. The molecule has 1 heterocycles. The van der Waals surface area contributed by atoms with Crippen molar-refractivity contribution in [2.24, 2.45) is 17.9 Å². The molecule has 110 valence electrons. The normalized spacial score (nSPS) is 13.8. The van der Waals surface area contributed by atoms with Crippen LogP contribution in [0.1, 0.15) is 18.1 Å². The fourth-order valence-corrected chi connectivity index (χ4v) is 2.97. The molecular weight excluding hydrogens is 274 g/mol. The molecule has 0 radical (unpaired) electrons. The highest BCUT2D eigenvalue weighted by atomic mass is 32.2. The van der Waals surface area contributed by atoms with Crippen LogP contribution in [0.3, 0.4) is 0 Å². The predicted molar refractivity (Wildman–Crippen MR) is 82.0 cm³/mol. The van der Waals surface area contributed by atoms with Gasteiger partial charge in [-0.05, 0) is 43.0 Å². The van der Waals surface area contributed by atoms with Crippen LogP contribution in [0, 0.1) is 0 Å². The van der Waals surface area contributed by atoms with Crippen LogP contribution in [0.2, 0.25) is 0 Å². The summed E-state index contributed by atoms with van der Waals surface area (Å²) in [6.45, 7) is 1.98. The van der Waals surface area contributed by atoms with Crippen LogP contribution in [0.5, 0.6) is 0 Å². The van der Waals surface area contributed by atoms with Crippen molar-refractivity contribution in [3.05, 3.63) is 35.5 Å². The molecule has 0 aliphatic carbocycles. The maximum atomic E-state index is 11.0. The van der Waals surface area contributed by atoms with Crippen molar-refractivity contribution < 1.29 is 8.42 Å². The maximum Gasteiger partial charge on any atom is 0.209 e. The van der Waals surface area contributed by atoms with Crippen molar-refractivity contribution in [3.63, 3.8) is 0 Å². The molecule has 1 aromatic carbocycles. The Kier molecular flexibility index (Phi) is 4.17. The zero-order valence-electron chi connectivity index (χ0n) is 11.8. The Hall–Kier alpha value is -1.37. The molecule has 2 aromatic rings. The summed E-state index contributed by atoms with van der Waals surface area (Å²) in [7, 11) is -1.43. The van der Waals surface area contributed by atoms with E-state index in [1.807, 2.05) is 32.2 Å². The molecule has 0 saturated carbocycles. The summed E-state index contributed by atoms with van der Waals surface area (Å²) in [6, 6.07) is 6.09. The van der Waals surface area contributed by atoms with E-state index in [2.05, 4.69) is 10.8 Å². The lowest BCUT2D eigenvalue weighted by atomic mass is 10.0. The average molecular weight is 295 g/mol. The van der Waals surface area contributed by atoms with Crippen molar-refractivity contribution in [3.8, 4) is 0 Å². The van der Waals surface area contributed by atoms with Crippen molar-refractivity contribution in [1.82, 2.24) is 4.57 Å². The largest absolute Gasteiger partial charge is 0.350 e. The Bertz CT molecular complexity index is 717. The summed E-state index contributed by atoms with van der Waals surface area (Å²) in [4.78, 5) is 0. The van der Waals surface area contributed by atoms with E-state index in [0.717, 1.165) is 22.9 Å². The zero-order chi connectivity index (χ0) is 14.9. The van der Waals surface area contributed by atoms with Crippen LogP contribution in [0.25, 0.3) is 10.9 Å². The average Bonchev–Trinajstić information content (AvgIpc) is 2.62. The second-order valence-electron chi connectivity index (χ2n) is 5.42. The molecule has 4 N–H and O–H groups in total. The van der Waals surface area contributed by atoms with Gasteiger partial charge in [-0.1, -0.05) is 6.07 Å². The van der Waals surface area contributed by atoms with Crippen LogP contribution in [-0.2, 0) is 29.9 Å². The second-order valence-corrected chi connectivity index (χ2v) is 7.15. The van der Waals surface area contributed by atoms with E-state index < -0.39 is 10.0 Å². The Morgan fingerprint density at radius 2 is 2.05 bits per heavy atom. The van der Waals surface area contributed by atoms with Crippen molar-refractivity contribution in [2.45, 2.75) is 25.8 Å². The van der Waals surface area contributed by atoms with Crippen LogP contribution in [0.4, 0.5) is 0 Å². The molecule has 0 fully saturated rings. The van der Waals surface area contributed by atoms with Gasteiger partial charge in [-0.25, -0.2) is 13.6 Å². The van der Waals surface area contributed by atoms with E-state index in [1.165, 1.54) is 5.56 Å². The number of rotatable bonds is 5. The number of aryl methyl sites for hydroxylation is 2. The Morgan fingerprint density at radius 1 is 1.35 bits per heavy atom. The first kappa shape index (κ1) is 15.0.